The predicted molar refractivity (Wildman–Crippen MR) is 133 cm³/mol. The summed E-state index contributed by atoms with van der Waals surface area (Å²) in [5, 5.41) is 9.12. The highest BCUT2D eigenvalue weighted by Crippen LogP contribution is 2.43. The average Bonchev–Trinajstić information content (AvgIpc) is 2.73. The molecule has 0 bridgehead atoms. The van der Waals surface area contributed by atoms with E-state index in [0.29, 0.717) is 16.6 Å². The van der Waals surface area contributed by atoms with Gasteiger partial charge in [0.1, 0.15) is 5.84 Å². The monoisotopic (exact) mass is 479 g/mol. The van der Waals surface area contributed by atoms with E-state index in [0.717, 1.165) is 66.8 Å². The van der Waals surface area contributed by atoms with E-state index in [1.165, 1.54) is 0 Å². The number of benzene rings is 2. The Bertz CT molecular complexity index is 970. The first kappa shape index (κ1) is 22.7. The first-order valence-electron chi connectivity index (χ1n) is 10.6. The number of nitrogens with one attached hydrogen (secondary N) is 2. The average molecular weight is 481 g/mol. The third kappa shape index (κ3) is 4.96. The second-order valence-electron chi connectivity index (χ2n) is 8.47. The van der Waals surface area contributed by atoms with Crippen molar-refractivity contribution >= 4 is 52.0 Å². The zero-order valence-corrected chi connectivity index (χ0v) is 20.2. The van der Waals surface area contributed by atoms with Gasteiger partial charge in [-0.3, -0.25) is 4.99 Å². The zero-order chi connectivity index (χ0) is 22.0. The van der Waals surface area contributed by atoms with Crippen LogP contribution in [0.4, 0.5) is 11.4 Å². The molecule has 0 saturated carbocycles. The Hall–Kier alpha value is -1.50. The Morgan fingerprint density at radius 1 is 1.06 bits per heavy atom. The van der Waals surface area contributed by atoms with Gasteiger partial charge in [0.25, 0.3) is 0 Å². The smallest absolute Gasteiger partial charge is 0.130 e. The first-order valence-corrected chi connectivity index (χ1v) is 11.7. The van der Waals surface area contributed by atoms with Crippen molar-refractivity contribution in [2.24, 2.45) is 4.99 Å². The summed E-state index contributed by atoms with van der Waals surface area (Å²) in [4.78, 5) is 9.69. The van der Waals surface area contributed by atoms with Gasteiger partial charge in [-0.1, -0.05) is 46.9 Å². The van der Waals surface area contributed by atoms with Crippen LogP contribution in [0.1, 0.15) is 18.4 Å². The van der Waals surface area contributed by atoms with E-state index in [-0.39, 0.29) is 5.54 Å². The van der Waals surface area contributed by atoms with E-state index < -0.39 is 0 Å². The summed E-state index contributed by atoms with van der Waals surface area (Å²) in [5.41, 5.74) is 2.87. The summed E-state index contributed by atoms with van der Waals surface area (Å²) < 4.78 is 0. The Kier molecular flexibility index (Phi) is 6.99. The summed E-state index contributed by atoms with van der Waals surface area (Å²) in [6, 6.07) is 11.8. The molecule has 2 aliphatic rings. The molecular weight excluding hydrogens is 453 g/mol. The fourth-order valence-corrected chi connectivity index (χ4v) is 4.85. The molecule has 5 nitrogen and oxygen atoms in total. The lowest BCUT2D eigenvalue weighted by molar-refractivity contribution is 0.401. The summed E-state index contributed by atoms with van der Waals surface area (Å²) >= 11 is 19.0. The van der Waals surface area contributed by atoms with E-state index in [9.17, 15) is 0 Å². The van der Waals surface area contributed by atoms with Crippen LogP contribution in [0.15, 0.2) is 41.4 Å². The largest absolute Gasteiger partial charge is 0.371 e. The van der Waals surface area contributed by atoms with Crippen LogP contribution in [0.3, 0.4) is 0 Å². The van der Waals surface area contributed by atoms with Crippen molar-refractivity contribution in [1.29, 1.82) is 0 Å². The summed E-state index contributed by atoms with van der Waals surface area (Å²) in [7, 11) is 4.17. The predicted octanol–water partition coefficient (Wildman–Crippen LogP) is 5.16. The molecule has 31 heavy (non-hydrogen) atoms. The number of likely N-dealkylation sites (N-methyl/N-ethyl adjacent to an activating group) is 1. The minimum absolute atomic E-state index is 0.250. The number of hydrogen-bond donors (Lipinski definition) is 2. The van der Waals surface area contributed by atoms with Crippen LogP contribution >= 0.6 is 34.8 Å². The molecule has 4 rings (SSSR count). The van der Waals surface area contributed by atoms with E-state index in [4.69, 9.17) is 39.8 Å². The van der Waals surface area contributed by atoms with Crippen LogP contribution in [-0.2, 0) is 6.54 Å². The SMILES string of the molecule is CN(C)CCN1C(=NCc2cccc(Cl)c2)C2(CCNCC2)Nc2cc(Cl)c(Cl)cc21. The minimum Gasteiger partial charge on any atom is -0.371 e. The number of amidine groups is 1. The number of halogens is 3. The second-order valence-corrected chi connectivity index (χ2v) is 9.72. The molecule has 1 fully saturated rings. The molecule has 0 aromatic heterocycles. The Morgan fingerprint density at radius 2 is 1.81 bits per heavy atom. The summed E-state index contributed by atoms with van der Waals surface area (Å²) in [6.45, 7) is 4.14. The highest BCUT2D eigenvalue weighted by Gasteiger charge is 2.44. The Balaban J connectivity index is 1.80. The number of piperidine rings is 1. The van der Waals surface area contributed by atoms with Gasteiger partial charge in [-0.15, -0.1) is 0 Å². The summed E-state index contributed by atoms with van der Waals surface area (Å²) in [6.07, 6.45) is 1.89. The van der Waals surface area contributed by atoms with Crippen molar-refractivity contribution in [3.63, 3.8) is 0 Å². The topological polar surface area (TPSA) is 42.9 Å². The van der Waals surface area contributed by atoms with Gasteiger partial charge in [-0.25, -0.2) is 0 Å². The Morgan fingerprint density at radius 3 is 2.52 bits per heavy atom. The molecule has 2 heterocycles. The molecular formula is C23H28Cl3N5. The van der Waals surface area contributed by atoms with E-state index >= 15 is 0 Å². The van der Waals surface area contributed by atoms with Gasteiger partial charge >= 0.3 is 0 Å². The van der Waals surface area contributed by atoms with Crippen molar-refractivity contribution in [1.82, 2.24) is 10.2 Å². The van der Waals surface area contributed by atoms with Crippen molar-refractivity contribution in [3.8, 4) is 0 Å². The lowest BCUT2D eigenvalue weighted by atomic mass is 9.83. The maximum absolute atomic E-state index is 6.43. The van der Waals surface area contributed by atoms with Gasteiger partial charge in [-0.05, 0) is 69.9 Å². The molecule has 0 amide bonds. The standard InChI is InChI=1S/C23H28Cl3N5/c1-30(2)10-11-31-21-14-19(26)18(25)13-20(21)29-23(6-8-27-9-7-23)22(31)28-15-16-4-3-5-17(24)12-16/h3-5,12-14,27,29H,6-11,15H2,1-2H3. The number of hydrogen-bond acceptors (Lipinski definition) is 4. The zero-order valence-electron chi connectivity index (χ0n) is 17.9. The van der Waals surface area contributed by atoms with Crippen LogP contribution in [0.2, 0.25) is 15.1 Å². The van der Waals surface area contributed by atoms with Crippen LogP contribution in [0, 0.1) is 0 Å². The van der Waals surface area contributed by atoms with E-state index in [1.54, 1.807) is 0 Å². The number of nitrogens with zero attached hydrogens (tertiary/aromatic N) is 3. The van der Waals surface area contributed by atoms with Crippen molar-refractivity contribution in [2.75, 3.05) is 50.5 Å². The number of rotatable bonds is 5. The molecule has 166 valence electrons. The van der Waals surface area contributed by atoms with Gasteiger partial charge in [-0.2, -0.15) is 0 Å². The van der Waals surface area contributed by atoms with Gasteiger partial charge < -0.3 is 20.4 Å². The van der Waals surface area contributed by atoms with Crippen LogP contribution in [0.5, 0.6) is 0 Å². The Labute approximate surface area is 199 Å². The maximum atomic E-state index is 6.43. The van der Waals surface area contributed by atoms with Gasteiger partial charge in [0.15, 0.2) is 0 Å². The molecule has 1 spiro atoms. The molecule has 1 saturated heterocycles. The van der Waals surface area contributed by atoms with Gasteiger partial charge in [0, 0.05) is 18.1 Å². The first-order chi connectivity index (χ1) is 14.9. The summed E-state index contributed by atoms with van der Waals surface area (Å²) in [5.74, 6) is 1.06. The van der Waals surface area contributed by atoms with E-state index in [1.807, 2.05) is 30.3 Å². The number of anilines is 2. The molecule has 0 radical (unpaired) electrons. The molecule has 2 aromatic carbocycles. The quantitative estimate of drug-likeness (QED) is 0.620. The molecule has 0 atom stereocenters. The lowest BCUT2D eigenvalue weighted by Crippen LogP contribution is -2.62. The minimum atomic E-state index is -0.250. The molecule has 2 aromatic rings. The fourth-order valence-electron chi connectivity index (χ4n) is 4.31. The van der Waals surface area contributed by atoms with Crippen molar-refractivity contribution in [3.05, 3.63) is 57.0 Å². The van der Waals surface area contributed by atoms with Crippen LogP contribution in [-0.4, -0.2) is 56.5 Å². The maximum Gasteiger partial charge on any atom is 0.130 e. The third-order valence-corrected chi connectivity index (χ3v) is 6.87. The molecule has 2 N–H and O–H groups in total. The third-order valence-electron chi connectivity index (χ3n) is 5.92. The molecule has 0 unspecified atom stereocenters. The normalized spacial score (nSPS) is 19.0. The number of aliphatic imine (C=N–C) groups is 1. The second kappa shape index (κ2) is 9.55. The molecule has 0 aliphatic carbocycles. The van der Waals surface area contributed by atoms with Crippen LogP contribution in [0.25, 0.3) is 0 Å². The van der Waals surface area contributed by atoms with Crippen LogP contribution < -0.4 is 15.5 Å². The number of fused-ring (bicyclic) bond motifs is 1. The fraction of sp³-hybridized carbons (Fsp3) is 0.435. The lowest BCUT2D eigenvalue weighted by Gasteiger charge is -2.49. The molecule has 8 heteroatoms. The van der Waals surface area contributed by atoms with Gasteiger partial charge in [0.2, 0.25) is 0 Å². The molecule has 2 aliphatic heterocycles. The highest BCUT2D eigenvalue weighted by molar-refractivity contribution is 6.42. The van der Waals surface area contributed by atoms with Crippen molar-refractivity contribution in [2.45, 2.75) is 24.9 Å². The van der Waals surface area contributed by atoms with Crippen molar-refractivity contribution < 1.29 is 0 Å². The van der Waals surface area contributed by atoms with Gasteiger partial charge in [0.05, 0.1) is 33.5 Å². The highest BCUT2D eigenvalue weighted by atomic mass is 35.5. The van der Waals surface area contributed by atoms with E-state index in [2.05, 4.69) is 40.6 Å².